The van der Waals surface area contributed by atoms with Crippen molar-refractivity contribution in [3.63, 3.8) is 0 Å². The van der Waals surface area contributed by atoms with Crippen molar-refractivity contribution in [1.82, 2.24) is 14.9 Å². The van der Waals surface area contributed by atoms with E-state index in [1.54, 1.807) is 6.20 Å². The van der Waals surface area contributed by atoms with Crippen LogP contribution in [0.25, 0.3) is 0 Å². The summed E-state index contributed by atoms with van der Waals surface area (Å²) >= 11 is 0. The van der Waals surface area contributed by atoms with E-state index in [1.165, 1.54) is 6.42 Å². The average Bonchev–Trinajstić information content (AvgIpc) is 3.13. The lowest BCUT2D eigenvalue weighted by molar-refractivity contribution is 0.0284. The molecule has 0 unspecified atom stereocenters. The second kappa shape index (κ2) is 7.28. The molecule has 5 heteroatoms. The van der Waals surface area contributed by atoms with Crippen LogP contribution in [0.1, 0.15) is 37.4 Å². The first-order valence-electron chi connectivity index (χ1n) is 8.78. The Hall–Kier alpha value is -1.98. The number of hydrogen-bond acceptors (Lipinski definition) is 5. The minimum absolute atomic E-state index is 0.347. The highest BCUT2D eigenvalue weighted by Crippen LogP contribution is 2.35. The summed E-state index contributed by atoms with van der Waals surface area (Å²) in [4.78, 5) is 11.7. The van der Waals surface area contributed by atoms with Crippen LogP contribution in [0.4, 0.5) is 0 Å². The number of para-hydroxylation sites is 1. The van der Waals surface area contributed by atoms with E-state index in [4.69, 9.17) is 14.5 Å². The van der Waals surface area contributed by atoms with Crippen molar-refractivity contribution in [3.8, 4) is 11.6 Å². The van der Waals surface area contributed by atoms with Gasteiger partial charge in [0.15, 0.2) is 0 Å². The van der Waals surface area contributed by atoms with E-state index in [1.807, 2.05) is 36.5 Å². The summed E-state index contributed by atoms with van der Waals surface area (Å²) in [6.07, 6.45) is 8.16. The molecule has 0 bridgehead atoms. The maximum atomic E-state index is 5.85. The fraction of sp³-hybridized carbons (Fsp3) is 0.474. The summed E-state index contributed by atoms with van der Waals surface area (Å²) in [6, 6.07) is 10.7. The van der Waals surface area contributed by atoms with Crippen LogP contribution in [-0.4, -0.2) is 40.7 Å². The second-order valence-electron chi connectivity index (χ2n) is 6.44. The molecule has 24 heavy (non-hydrogen) atoms. The van der Waals surface area contributed by atoms with Gasteiger partial charge in [-0.25, -0.2) is 4.98 Å². The predicted molar refractivity (Wildman–Crippen MR) is 91.1 cm³/mol. The van der Waals surface area contributed by atoms with Gasteiger partial charge in [-0.3, -0.25) is 9.88 Å². The van der Waals surface area contributed by atoms with Crippen molar-refractivity contribution in [3.05, 3.63) is 48.4 Å². The molecule has 0 saturated carbocycles. The molecule has 4 rings (SSSR count). The fourth-order valence-electron chi connectivity index (χ4n) is 3.74. The fourth-order valence-corrected chi connectivity index (χ4v) is 3.74. The molecule has 1 aromatic carbocycles. The molecule has 2 saturated heterocycles. The predicted octanol–water partition coefficient (Wildman–Crippen LogP) is 3.58. The van der Waals surface area contributed by atoms with Crippen LogP contribution in [-0.2, 0) is 4.74 Å². The SMILES string of the molecule is c1ccc(Oc2cncc([C@H]3CCCN3C3CCOCC3)n2)cc1. The van der Waals surface area contributed by atoms with Crippen LogP contribution >= 0.6 is 0 Å². The number of rotatable bonds is 4. The van der Waals surface area contributed by atoms with E-state index in [0.717, 1.165) is 50.5 Å². The third kappa shape index (κ3) is 3.42. The van der Waals surface area contributed by atoms with E-state index in [-0.39, 0.29) is 0 Å². The summed E-state index contributed by atoms with van der Waals surface area (Å²) < 4.78 is 11.4. The Morgan fingerprint density at radius 3 is 2.71 bits per heavy atom. The van der Waals surface area contributed by atoms with Gasteiger partial charge in [0.1, 0.15) is 5.75 Å². The highest BCUT2D eigenvalue weighted by molar-refractivity contribution is 5.26. The van der Waals surface area contributed by atoms with Crippen LogP contribution < -0.4 is 4.74 Å². The molecule has 126 valence electrons. The first-order valence-corrected chi connectivity index (χ1v) is 8.78. The first-order chi connectivity index (χ1) is 11.9. The Morgan fingerprint density at radius 2 is 1.88 bits per heavy atom. The maximum Gasteiger partial charge on any atom is 0.238 e. The summed E-state index contributed by atoms with van der Waals surface area (Å²) in [7, 11) is 0. The average molecular weight is 325 g/mol. The molecule has 0 amide bonds. The number of nitrogens with zero attached hydrogens (tertiary/aromatic N) is 3. The third-order valence-electron chi connectivity index (χ3n) is 4.89. The molecule has 1 aromatic heterocycles. The smallest absolute Gasteiger partial charge is 0.238 e. The zero-order valence-electron chi connectivity index (χ0n) is 13.8. The van der Waals surface area contributed by atoms with Gasteiger partial charge in [0.25, 0.3) is 0 Å². The number of likely N-dealkylation sites (tertiary alicyclic amines) is 1. The summed E-state index contributed by atoms with van der Waals surface area (Å²) in [6.45, 7) is 2.88. The third-order valence-corrected chi connectivity index (χ3v) is 4.89. The zero-order chi connectivity index (χ0) is 16.2. The Balaban J connectivity index is 1.51. The largest absolute Gasteiger partial charge is 0.437 e. The van der Waals surface area contributed by atoms with Crippen molar-refractivity contribution < 1.29 is 9.47 Å². The van der Waals surface area contributed by atoms with Gasteiger partial charge in [0.05, 0.1) is 24.1 Å². The van der Waals surface area contributed by atoms with Crippen molar-refractivity contribution in [2.24, 2.45) is 0 Å². The van der Waals surface area contributed by atoms with E-state index in [2.05, 4.69) is 9.88 Å². The van der Waals surface area contributed by atoms with Crippen molar-refractivity contribution in [2.75, 3.05) is 19.8 Å². The summed E-state index contributed by atoms with van der Waals surface area (Å²) in [5.74, 6) is 1.36. The lowest BCUT2D eigenvalue weighted by atomic mass is 10.0. The van der Waals surface area contributed by atoms with E-state index >= 15 is 0 Å². The van der Waals surface area contributed by atoms with Gasteiger partial charge in [-0.2, -0.15) is 0 Å². The molecule has 2 aliphatic heterocycles. The lowest BCUT2D eigenvalue weighted by Crippen LogP contribution is -2.39. The van der Waals surface area contributed by atoms with Crippen LogP contribution in [0.3, 0.4) is 0 Å². The van der Waals surface area contributed by atoms with Gasteiger partial charge >= 0.3 is 0 Å². The van der Waals surface area contributed by atoms with Gasteiger partial charge in [-0.15, -0.1) is 0 Å². The maximum absolute atomic E-state index is 5.85. The normalized spacial score (nSPS) is 22.6. The molecule has 0 spiro atoms. The van der Waals surface area contributed by atoms with Crippen LogP contribution in [0.15, 0.2) is 42.7 Å². The molecule has 1 atom stereocenters. The van der Waals surface area contributed by atoms with E-state index in [0.29, 0.717) is 18.0 Å². The Kier molecular flexibility index (Phi) is 4.71. The first kappa shape index (κ1) is 15.5. The number of hydrogen-bond donors (Lipinski definition) is 0. The molecule has 2 aliphatic rings. The monoisotopic (exact) mass is 325 g/mol. The van der Waals surface area contributed by atoms with Gasteiger partial charge in [0.2, 0.25) is 5.88 Å². The van der Waals surface area contributed by atoms with Gasteiger partial charge in [0, 0.05) is 19.3 Å². The molecule has 5 nitrogen and oxygen atoms in total. The van der Waals surface area contributed by atoms with Crippen molar-refractivity contribution in [1.29, 1.82) is 0 Å². The Bertz CT molecular complexity index is 659. The molecule has 3 heterocycles. The van der Waals surface area contributed by atoms with Crippen LogP contribution in [0.5, 0.6) is 11.6 Å². The highest BCUT2D eigenvalue weighted by Gasteiger charge is 2.33. The highest BCUT2D eigenvalue weighted by atomic mass is 16.5. The summed E-state index contributed by atoms with van der Waals surface area (Å²) in [5.41, 5.74) is 1.02. The molecule has 0 radical (unpaired) electrons. The Morgan fingerprint density at radius 1 is 1.04 bits per heavy atom. The van der Waals surface area contributed by atoms with Gasteiger partial charge in [-0.05, 0) is 44.4 Å². The standard InChI is InChI=1S/C19H23N3O2/c1-2-5-16(6-3-1)24-19-14-20-13-17(21-19)18-7-4-10-22(18)15-8-11-23-12-9-15/h1-3,5-6,13-15,18H,4,7-12H2/t18-/m1/s1. The van der Waals surface area contributed by atoms with Crippen molar-refractivity contribution in [2.45, 2.75) is 37.8 Å². The number of benzene rings is 1. The topological polar surface area (TPSA) is 47.5 Å². The molecular weight excluding hydrogens is 302 g/mol. The van der Waals surface area contributed by atoms with Gasteiger partial charge in [-0.1, -0.05) is 18.2 Å². The van der Waals surface area contributed by atoms with Crippen LogP contribution in [0.2, 0.25) is 0 Å². The molecule has 2 aromatic rings. The molecule has 0 N–H and O–H groups in total. The lowest BCUT2D eigenvalue weighted by Gasteiger charge is -2.35. The van der Waals surface area contributed by atoms with Gasteiger partial charge < -0.3 is 9.47 Å². The van der Waals surface area contributed by atoms with E-state index in [9.17, 15) is 0 Å². The Labute approximate surface area is 142 Å². The number of aromatic nitrogens is 2. The van der Waals surface area contributed by atoms with Crippen LogP contribution in [0, 0.1) is 0 Å². The van der Waals surface area contributed by atoms with Crippen molar-refractivity contribution >= 4 is 0 Å². The molecular formula is C19H23N3O2. The summed E-state index contributed by atoms with van der Waals surface area (Å²) in [5, 5.41) is 0. The minimum atomic E-state index is 0.347. The number of ether oxygens (including phenoxy) is 2. The zero-order valence-corrected chi connectivity index (χ0v) is 13.8. The minimum Gasteiger partial charge on any atom is -0.437 e. The molecule has 0 aliphatic carbocycles. The second-order valence-corrected chi connectivity index (χ2v) is 6.44. The molecule has 2 fully saturated rings. The van der Waals surface area contributed by atoms with E-state index < -0.39 is 0 Å². The quantitative estimate of drug-likeness (QED) is 0.860.